The van der Waals surface area contributed by atoms with Crippen LogP contribution in [0.3, 0.4) is 0 Å². The number of phenolic OH excluding ortho intramolecular Hbond substituents is 1. The van der Waals surface area contributed by atoms with Gasteiger partial charge < -0.3 is 10.1 Å². The van der Waals surface area contributed by atoms with Gasteiger partial charge in [0, 0.05) is 11.6 Å². The van der Waals surface area contributed by atoms with Crippen molar-refractivity contribution in [3.8, 4) is 5.75 Å². The largest absolute Gasteiger partial charge is 0.506 e. The molecule has 2 aromatic rings. The van der Waals surface area contributed by atoms with E-state index in [4.69, 9.17) is 0 Å². The highest BCUT2D eigenvalue weighted by Gasteiger charge is 2.03. The molecule has 0 unspecified atom stereocenters. The first-order valence-corrected chi connectivity index (χ1v) is 4.11. The smallest absolute Gasteiger partial charge is 0.139 e. The van der Waals surface area contributed by atoms with Crippen molar-refractivity contribution in [2.75, 3.05) is 0 Å². The number of benzene rings is 1. The molecule has 0 aliphatic rings. The van der Waals surface area contributed by atoms with E-state index in [1.165, 1.54) is 5.56 Å². The van der Waals surface area contributed by atoms with Crippen molar-refractivity contribution in [3.63, 3.8) is 0 Å². The number of hydrogen-bond acceptors (Lipinski definition) is 1. The molecular weight excluding hydrogens is 150 g/mol. The molecule has 0 aliphatic carbocycles. The van der Waals surface area contributed by atoms with Crippen molar-refractivity contribution in [2.45, 2.75) is 13.3 Å². The Labute approximate surface area is 70.8 Å². The summed E-state index contributed by atoms with van der Waals surface area (Å²) in [4.78, 5) is 3.06. The number of aryl methyl sites for hydroxylation is 1. The minimum atomic E-state index is 0.326. The van der Waals surface area contributed by atoms with Crippen molar-refractivity contribution in [1.29, 1.82) is 0 Å². The first kappa shape index (κ1) is 7.22. The molecule has 0 amide bonds. The third-order valence-corrected chi connectivity index (χ3v) is 2.16. The van der Waals surface area contributed by atoms with E-state index in [1.54, 1.807) is 6.07 Å². The topological polar surface area (TPSA) is 36.0 Å². The van der Waals surface area contributed by atoms with Gasteiger partial charge in [-0.3, -0.25) is 0 Å². The predicted molar refractivity (Wildman–Crippen MR) is 49.3 cm³/mol. The molecule has 2 rings (SSSR count). The number of fused-ring (bicyclic) bond motifs is 1. The Morgan fingerprint density at radius 3 is 3.00 bits per heavy atom. The van der Waals surface area contributed by atoms with Crippen LogP contribution in [-0.2, 0) is 6.42 Å². The number of aromatic amines is 1. The van der Waals surface area contributed by atoms with Gasteiger partial charge in [-0.25, -0.2) is 0 Å². The zero-order chi connectivity index (χ0) is 8.55. The van der Waals surface area contributed by atoms with Crippen LogP contribution < -0.4 is 0 Å². The van der Waals surface area contributed by atoms with Gasteiger partial charge in [-0.2, -0.15) is 0 Å². The second-order valence-electron chi connectivity index (χ2n) is 2.87. The Hall–Kier alpha value is -1.44. The number of aromatic nitrogens is 1. The minimum absolute atomic E-state index is 0.326. The van der Waals surface area contributed by atoms with E-state index in [9.17, 15) is 5.11 Å². The van der Waals surface area contributed by atoms with Crippen molar-refractivity contribution in [1.82, 2.24) is 4.98 Å². The van der Waals surface area contributed by atoms with Gasteiger partial charge in [0.25, 0.3) is 0 Å². The van der Waals surface area contributed by atoms with Gasteiger partial charge >= 0.3 is 0 Å². The van der Waals surface area contributed by atoms with Gasteiger partial charge in [0.05, 0.1) is 5.52 Å². The van der Waals surface area contributed by atoms with E-state index in [0.717, 1.165) is 17.3 Å². The number of phenols is 1. The molecular formula is C10H11NO. The predicted octanol–water partition coefficient (Wildman–Crippen LogP) is 2.44. The van der Waals surface area contributed by atoms with E-state index in [2.05, 4.69) is 11.9 Å². The van der Waals surface area contributed by atoms with E-state index in [1.807, 2.05) is 18.3 Å². The van der Waals surface area contributed by atoms with E-state index < -0.39 is 0 Å². The fourth-order valence-electron chi connectivity index (χ4n) is 1.49. The van der Waals surface area contributed by atoms with Gasteiger partial charge in [-0.1, -0.05) is 19.1 Å². The van der Waals surface area contributed by atoms with Crippen LogP contribution in [0, 0.1) is 0 Å². The average molecular weight is 161 g/mol. The molecule has 2 nitrogen and oxygen atoms in total. The molecule has 0 saturated heterocycles. The van der Waals surface area contributed by atoms with Gasteiger partial charge in [-0.15, -0.1) is 0 Å². The monoisotopic (exact) mass is 161 g/mol. The molecule has 0 fully saturated rings. The molecule has 0 saturated carbocycles. The number of hydrogen-bond donors (Lipinski definition) is 2. The van der Waals surface area contributed by atoms with E-state index in [-0.39, 0.29) is 0 Å². The minimum Gasteiger partial charge on any atom is -0.506 e. The van der Waals surface area contributed by atoms with Gasteiger partial charge in [-0.05, 0) is 18.1 Å². The summed E-state index contributed by atoms with van der Waals surface area (Å²) in [6, 6.07) is 5.58. The summed E-state index contributed by atoms with van der Waals surface area (Å²) in [5, 5.41) is 10.6. The molecule has 2 heteroatoms. The van der Waals surface area contributed by atoms with Crippen molar-refractivity contribution in [3.05, 3.63) is 30.0 Å². The average Bonchev–Trinajstić information content (AvgIpc) is 2.49. The second kappa shape index (κ2) is 2.55. The van der Waals surface area contributed by atoms with Crippen LogP contribution in [0.25, 0.3) is 10.9 Å². The van der Waals surface area contributed by atoms with E-state index >= 15 is 0 Å². The van der Waals surface area contributed by atoms with Crippen molar-refractivity contribution >= 4 is 10.9 Å². The zero-order valence-electron chi connectivity index (χ0n) is 6.96. The molecule has 0 aliphatic heterocycles. The summed E-state index contributed by atoms with van der Waals surface area (Å²) in [5.41, 5.74) is 2.09. The van der Waals surface area contributed by atoms with Crippen LogP contribution in [0.5, 0.6) is 5.75 Å². The fraction of sp³-hybridized carbons (Fsp3) is 0.200. The lowest BCUT2D eigenvalue weighted by molar-refractivity contribution is 0.480. The summed E-state index contributed by atoms with van der Waals surface area (Å²) in [5.74, 6) is 0.326. The maximum Gasteiger partial charge on any atom is 0.139 e. The Bertz CT molecular complexity index is 403. The molecule has 12 heavy (non-hydrogen) atoms. The number of para-hydroxylation sites is 1. The standard InChI is InChI=1S/C10H11NO/c1-2-7-6-11-10-8(7)4-3-5-9(10)12/h3-6,11-12H,2H2,1H3. The molecule has 0 atom stereocenters. The third kappa shape index (κ3) is 0.881. The number of rotatable bonds is 1. The molecule has 1 aromatic carbocycles. The molecule has 0 radical (unpaired) electrons. The number of H-pyrrole nitrogens is 1. The Morgan fingerprint density at radius 2 is 2.25 bits per heavy atom. The van der Waals surface area contributed by atoms with Crippen LogP contribution in [0.15, 0.2) is 24.4 Å². The lowest BCUT2D eigenvalue weighted by Gasteiger charge is -1.94. The lowest BCUT2D eigenvalue weighted by atomic mass is 10.1. The second-order valence-corrected chi connectivity index (χ2v) is 2.87. The van der Waals surface area contributed by atoms with Crippen molar-refractivity contribution < 1.29 is 5.11 Å². The van der Waals surface area contributed by atoms with Crippen LogP contribution in [0.2, 0.25) is 0 Å². The normalized spacial score (nSPS) is 10.8. The van der Waals surface area contributed by atoms with Crippen molar-refractivity contribution in [2.24, 2.45) is 0 Å². The third-order valence-electron chi connectivity index (χ3n) is 2.16. The van der Waals surface area contributed by atoms with Gasteiger partial charge in [0.15, 0.2) is 0 Å². The number of nitrogens with one attached hydrogen (secondary N) is 1. The Kier molecular flexibility index (Phi) is 1.54. The SMILES string of the molecule is CCc1c[nH]c2c(O)cccc12. The zero-order valence-corrected chi connectivity index (χ0v) is 6.96. The molecule has 2 N–H and O–H groups in total. The van der Waals surface area contributed by atoms with Crippen LogP contribution in [-0.4, -0.2) is 10.1 Å². The summed E-state index contributed by atoms with van der Waals surface area (Å²) in [6.07, 6.45) is 2.94. The molecule has 62 valence electrons. The quantitative estimate of drug-likeness (QED) is 0.662. The summed E-state index contributed by atoms with van der Waals surface area (Å²) >= 11 is 0. The van der Waals surface area contributed by atoms with Gasteiger partial charge in [0.1, 0.15) is 5.75 Å². The maximum atomic E-state index is 9.45. The Balaban J connectivity index is 2.80. The van der Waals surface area contributed by atoms with Gasteiger partial charge in [0.2, 0.25) is 0 Å². The summed E-state index contributed by atoms with van der Waals surface area (Å²) in [7, 11) is 0. The number of aromatic hydroxyl groups is 1. The van der Waals surface area contributed by atoms with Crippen LogP contribution in [0.4, 0.5) is 0 Å². The first-order chi connectivity index (χ1) is 5.83. The van der Waals surface area contributed by atoms with Crippen LogP contribution in [0.1, 0.15) is 12.5 Å². The molecule has 1 aromatic heterocycles. The summed E-state index contributed by atoms with van der Waals surface area (Å²) < 4.78 is 0. The molecule has 0 spiro atoms. The lowest BCUT2D eigenvalue weighted by Crippen LogP contribution is -1.74. The van der Waals surface area contributed by atoms with E-state index in [0.29, 0.717) is 5.75 Å². The highest BCUT2D eigenvalue weighted by atomic mass is 16.3. The molecule has 0 bridgehead atoms. The Morgan fingerprint density at radius 1 is 1.42 bits per heavy atom. The first-order valence-electron chi connectivity index (χ1n) is 4.11. The highest BCUT2D eigenvalue weighted by Crippen LogP contribution is 2.25. The maximum absolute atomic E-state index is 9.45. The van der Waals surface area contributed by atoms with Crippen LogP contribution >= 0.6 is 0 Å². The highest BCUT2D eigenvalue weighted by molar-refractivity contribution is 5.87. The fourth-order valence-corrected chi connectivity index (χ4v) is 1.49. The molecule has 1 heterocycles. The summed E-state index contributed by atoms with van der Waals surface area (Å²) in [6.45, 7) is 2.10.